The fraction of sp³-hybridized carbons (Fsp3) is 0.562. The van der Waals surface area contributed by atoms with Crippen molar-refractivity contribution in [3.8, 4) is 0 Å². The Morgan fingerprint density at radius 2 is 2.33 bits per heavy atom. The van der Waals surface area contributed by atoms with Crippen molar-refractivity contribution in [1.29, 1.82) is 0 Å². The van der Waals surface area contributed by atoms with Gasteiger partial charge in [-0.15, -0.1) is 0 Å². The van der Waals surface area contributed by atoms with Crippen LogP contribution in [0.2, 0.25) is 0 Å². The number of ether oxygens (including phenoxy) is 1. The van der Waals surface area contributed by atoms with E-state index in [1.54, 1.807) is 0 Å². The van der Waals surface area contributed by atoms with Crippen molar-refractivity contribution in [2.75, 3.05) is 45.2 Å². The summed E-state index contributed by atoms with van der Waals surface area (Å²) < 4.78 is 5.67. The summed E-state index contributed by atoms with van der Waals surface area (Å²) >= 11 is 0. The number of benzene rings is 1. The van der Waals surface area contributed by atoms with Crippen LogP contribution < -0.4 is 10.6 Å². The highest BCUT2D eigenvalue weighted by Gasteiger charge is 2.25. The van der Waals surface area contributed by atoms with Crippen LogP contribution >= 0.6 is 0 Å². The molecule has 5 nitrogen and oxygen atoms in total. The third-order valence-electron chi connectivity index (χ3n) is 4.24. The van der Waals surface area contributed by atoms with Crippen molar-refractivity contribution in [3.63, 3.8) is 0 Å². The lowest BCUT2D eigenvalue weighted by molar-refractivity contribution is -0.125. The van der Waals surface area contributed by atoms with Crippen molar-refractivity contribution in [2.45, 2.75) is 12.5 Å². The van der Waals surface area contributed by atoms with Crippen LogP contribution in [0, 0.1) is 5.92 Å². The van der Waals surface area contributed by atoms with Crippen molar-refractivity contribution in [1.82, 2.24) is 10.2 Å². The lowest BCUT2D eigenvalue weighted by Gasteiger charge is -2.31. The van der Waals surface area contributed by atoms with E-state index in [0.717, 1.165) is 31.8 Å². The molecule has 2 atom stereocenters. The van der Waals surface area contributed by atoms with Gasteiger partial charge in [0, 0.05) is 31.9 Å². The minimum atomic E-state index is 0.00113. The van der Waals surface area contributed by atoms with Crippen molar-refractivity contribution < 1.29 is 9.53 Å². The van der Waals surface area contributed by atoms with Gasteiger partial charge in [0.2, 0.25) is 5.91 Å². The fourth-order valence-corrected chi connectivity index (χ4v) is 2.98. The second-order valence-electron chi connectivity index (χ2n) is 5.94. The Balaban J connectivity index is 1.50. The molecule has 2 aliphatic rings. The summed E-state index contributed by atoms with van der Waals surface area (Å²) in [5, 5.41) is 6.38. The molecule has 0 radical (unpaired) electrons. The maximum absolute atomic E-state index is 12.3. The first-order chi connectivity index (χ1) is 10.2. The molecule has 2 N–H and O–H groups in total. The normalized spacial score (nSPS) is 25.8. The van der Waals surface area contributed by atoms with Crippen LogP contribution in [-0.4, -0.2) is 56.7 Å². The molecule has 1 amide bonds. The summed E-state index contributed by atoms with van der Waals surface area (Å²) in [5.41, 5.74) is 2.37. The van der Waals surface area contributed by atoms with Crippen LogP contribution in [0.25, 0.3) is 0 Å². The zero-order chi connectivity index (χ0) is 14.7. The SMILES string of the molecule is CN1CCOC(CNC(=O)C2CNc3ccccc3C2)C1. The second kappa shape index (κ2) is 6.45. The quantitative estimate of drug-likeness (QED) is 0.861. The van der Waals surface area contributed by atoms with Crippen LogP contribution in [0.1, 0.15) is 5.56 Å². The molecule has 1 fully saturated rings. The third kappa shape index (κ3) is 3.54. The number of para-hydroxylation sites is 1. The van der Waals surface area contributed by atoms with Crippen LogP contribution in [0.15, 0.2) is 24.3 Å². The molecule has 0 aromatic heterocycles. The minimum Gasteiger partial charge on any atom is -0.384 e. The van der Waals surface area contributed by atoms with Crippen LogP contribution in [0.5, 0.6) is 0 Å². The molecule has 2 aliphatic heterocycles. The molecule has 0 spiro atoms. The monoisotopic (exact) mass is 289 g/mol. The fourth-order valence-electron chi connectivity index (χ4n) is 2.98. The van der Waals surface area contributed by atoms with Crippen molar-refractivity contribution in [3.05, 3.63) is 29.8 Å². The Labute approximate surface area is 125 Å². The van der Waals surface area contributed by atoms with Crippen molar-refractivity contribution >= 4 is 11.6 Å². The number of nitrogens with zero attached hydrogens (tertiary/aromatic N) is 1. The zero-order valence-electron chi connectivity index (χ0n) is 12.5. The van der Waals surface area contributed by atoms with E-state index in [9.17, 15) is 4.79 Å². The van der Waals surface area contributed by atoms with E-state index in [4.69, 9.17) is 4.74 Å². The molecule has 2 unspecified atom stereocenters. The largest absolute Gasteiger partial charge is 0.384 e. The number of fused-ring (bicyclic) bond motifs is 1. The molecular formula is C16H23N3O2. The molecule has 3 rings (SSSR count). The number of amides is 1. The van der Waals surface area contributed by atoms with E-state index in [1.807, 2.05) is 12.1 Å². The summed E-state index contributed by atoms with van der Waals surface area (Å²) in [5.74, 6) is 0.120. The molecule has 0 bridgehead atoms. The minimum absolute atomic E-state index is 0.00113. The molecule has 2 heterocycles. The Kier molecular flexibility index (Phi) is 4.41. The van der Waals surface area contributed by atoms with E-state index in [0.29, 0.717) is 13.1 Å². The molecular weight excluding hydrogens is 266 g/mol. The van der Waals surface area contributed by atoms with Gasteiger partial charge in [-0.25, -0.2) is 0 Å². The summed E-state index contributed by atoms with van der Waals surface area (Å²) in [6, 6.07) is 8.19. The van der Waals surface area contributed by atoms with E-state index in [-0.39, 0.29) is 17.9 Å². The van der Waals surface area contributed by atoms with Gasteiger partial charge in [0.15, 0.2) is 0 Å². The first-order valence-corrected chi connectivity index (χ1v) is 7.62. The zero-order valence-corrected chi connectivity index (χ0v) is 12.5. The van der Waals surface area contributed by atoms with Crippen LogP contribution in [0.4, 0.5) is 5.69 Å². The number of hydrogen-bond acceptors (Lipinski definition) is 4. The van der Waals surface area contributed by atoms with E-state index < -0.39 is 0 Å². The molecule has 1 aromatic rings. The lowest BCUT2D eigenvalue weighted by Crippen LogP contribution is -2.48. The Morgan fingerprint density at radius 1 is 1.48 bits per heavy atom. The Morgan fingerprint density at radius 3 is 3.19 bits per heavy atom. The van der Waals surface area contributed by atoms with E-state index in [2.05, 4.69) is 34.7 Å². The number of carbonyl (C=O) groups is 1. The summed E-state index contributed by atoms with van der Waals surface area (Å²) in [7, 11) is 2.08. The Hall–Kier alpha value is -1.59. The number of anilines is 1. The standard InChI is InChI=1S/C16H23N3O2/c1-19-6-7-21-14(11-19)10-18-16(20)13-8-12-4-2-3-5-15(12)17-9-13/h2-5,13-14,17H,6-11H2,1H3,(H,18,20). The average Bonchev–Trinajstić information content (AvgIpc) is 2.52. The van der Waals surface area contributed by atoms with Crippen LogP contribution in [-0.2, 0) is 16.0 Å². The number of hydrogen-bond donors (Lipinski definition) is 2. The molecule has 0 aliphatic carbocycles. The molecule has 21 heavy (non-hydrogen) atoms. The molecule has 5 heteroatoms. The summed E-state index contributed by atoms with van der Waals surface area (Å²) in [6.07, 6.45) is 0.914. The maximum atomic E-state index is 12.3. The van der Waals surface area contributed by atoms with Gasteiger partial charge in [0.25, 0.3) is 0 Å². The molecule has 1 saturated heterocycles. The predicted molar refractivity (Wildman–Crippen MR) is 82.4 cm³/mol. The van der Waals surface area contributed by atoms with Gasteiger partial charge in [-0.05, 0) is 25.1 Å². The predicted octanol–water partition coefficient (Wildman–Crippen LogP) is 0.718. The second-order valence-corrected chi connectivity index (χ2v) is 5.94. The number of likely N-dealkylation sites (N-methyl/N-ethyl adjacent to an activating group) is 1. The summed E-state index contributed by atoms with van der Waals surface area (Å²) in [4.78, 5) is 14.5. The van der Waals surface area contributed by atoms with Gasteiger partial charge < -0.3 is 20.3 Å². The number of morpholine rings is 1. The van der Waals surface area contributed by atoms with E-state index >= 15 is 0 Å². The maximum Gasteiger partial charge on any atom is 0.225 e. The first kappa shape index (κ1) is 14.4. The van der Waals surface area contributed by atoms with Crippen LogP contribution in [0.3, 0.4) is 0 Å². The highest BCUT2D eigenvalue weighted by atomic mass is 16.5. The van der Waals surface area contributed by atoms with Gasteiger partial charge in [-0.1, -0.05) is 18.2 Å². The first-order valence-electron chi connectivity index (χ1n) is 7.62. The average molecular weight is 289 g/mol. The molecule has 1 aromatic carbocycles. The highest BCUT2D eigenvalue weighted by molar-refractivity contribution is 5.80. The van der Waals surface area contributed by atoms with Gasteiger partial charge >= 0.3 is 0 Å². The molecule has 114 valence electrons. The highest BCUT2D eigenvalue weighted by Crippen LogP contribution is 2.24. The van der Waals surface area contributed by atoms with Gasteiger partial charge in [0.1, 0.15) is 0 Å². The number of nitrogens with one attached hydrogen (secondary N) is 2. The van der Waals surface area contributed by atoms with Gasteiger partial charge in [-0.2, -0.15) is 0 Å². The van der Waals surface area contributed by atoms with Gasteiger partial charge in [-0.3, -0.25) is 4.79 Å². The lowest BCUT2D eigenvalue weighted by atomic mass is 9.93. The smallest absolute Gasteiger partial charge is 0.225 e. The third-order valence-corrected chi connectivity index (χ3v) is 4.24. The van der Waals surface area contributed by atoms with Crippen molar-refractivity contribution in [2.24, 2.45) is 5.92 Å². The number of rotatable bonds is 3. The summed E-state index contributed by atoms with van der Waals surface area (Å²) in [6.45, 7) is 3.89. The van der Waals surface area contributed by atoms with E-state index in [1.165, 1.54) is 5.56 Å². The topological polar surface area (TPSA) is 53.6 Å². The number of carbonyl (C=O) groups excluding carboxylic acids is 1. The molecule has 0 saturated carbocycles. The van der Waals surface area contributed by atoms with Gasteiger partial charge in [0.05, 0.1) is 18.6 Å². The Bertz CT molecular complexity index is 506.